The van der Waals surface area contributed by atoms with E-state index in [1.165, 1.54) is 17.6 Å². The van der Waals surface area contributed by atoms with Crippen LogP contribution < -0.4 is 5.56 Å². The largest absolute Gasteiger partial charge is 0.461 e. The summed E-state index contributed by atoms with van der Waals surface area (Å²) in [5, 5.41) is 0. The molecule has 4 rings (SSSR count). The highest BCUT2D eigenvalue weighted by Crippen LogP contribution is 2.29. The van der Waals surface area contributed by atoms with E-state index in [9.17, 15) is 4.79 Å². The van der Waals surface area contributed by atoms with E-state index in [0.29, 0.717) is 24.0 Å². The molecule has 136 valence electrons. The Morgan fingerprint density at radius 2 is 2.35 bits per heavy atom. The Kier molecular flexibility index (Phi) is 4.64. The van der Waals surface area contributed by atoms with Gasteiger partial charge in [-0.15, -0.1) is 0 Å². The third-order valence-corrected chi connectivity index (χ3v) is 5.53. The average Bonchev–Trinajstić information content (AvgIpc) is 3.17. The van der Waals surface area contributed by atoms with Crippen molar-refractivity contribution >= 4 is 0 Å². The molecular weight excluding hydrogens is 326 g/mol. The predicted molar refractivity (Wildman–Crippen MR) is 102 cm³/mol. The highest BCUT2D eigenvalue weighted by molar-refractivity contribution is 5.47. The van der Waals surface area contributed by atoms with E-state index < -0.39 is 0 Å². The van der Waals surface area contributed by atoms with E-state index in [1.54, 1.807) is 12.3 Å². The van der Waals surface area contributed by atoms with Crippen LogP contribution in [0.15, 0.2) is 51.4 Å². The molecule has 1 unspecified atom stereocenters. The normalized spacial score (nSPS) is 20.5. The number of nitrogens with zero attached hydrogens (tertiary/aromatic N) is 2. The Bertz CT molecular complexity index is 892. The molecule has 1 atom stereocenters. The van der Waals surface area contributed by atoms with Crippen molar-refractivity contribution in [3.05, 3.63) is 63.8 Å². The van der Waals surface area contributed by atoms with Gasteiger partial charge in [-0.2, -0.15) is 0 Å². The number of hydrogen-bond donors (Lipinski definition) is 1. The van der Waals surface area contributed by atoms with E-state index >= 15 is 0 Å². The topological polar surface area (TPSA) is 62.1 Å². The molecule has 1 aliphatic heterocycles. The number of allylic oxidation sites excluding steroid dienone is 2. The van der Waals surface area contributed by atoms with Crippen LogP contribution in [0.4, 0.5) is 0 Å². The van der Waals surface area contributed by atoms with Gasteiger partial charge in [-0.05, 0) is 44.2 Å². The summed E-state index contributed by atoms with van der Waals surface area (Å²) in [6, 6.07) is 3.61. The minimum absolute atomic E-state index is 0.0499. The molecular formula is C21H25N3O2. The SMILES string of the molecule is C=C(C)C1CC=C(CN2CCc3nc(-c4ccco4)[nH]c(=O)c3C2)CC1. The van der Waals surface area contributed by atoms with Crippen LogP contribution in [-0.4, -0.2) is 28.0 Å². The third kappa shape index (κ3) is 3.44. The van der Waals surface area contributed by atoms with E-state index in [0.717, 1.165) is 43.6 Å². The van der Waals surface area contributed by atoms with Gasteiger partial charge in [-0.3, -0.25) is 9.69 Å². The van der Waals surface area contributed by atoms with Crippen LogP contribution in [0.3, 0.4) is 0 Å². The van der Waals surface area contributed by atoms with Crippen LogP contribution >= 0.6 is 0 Å². The third-order valence-electron chi connectivity index (χ3n) is 5.53. The Hall–Kier alpha value is -2.40. The van der Waals surface area contributed by atoms with Gasteiger partial charge in [0.25, 0.3) is 5.56 Å². The first-order valence-corrected chi connectivity index (χ1v) is 9.32. The molecule has 26 heavy (non-hydrogen) atoms. The number of H-pyrrole nitrogens is 1. The van der Waals surface area contributed by atoms with Gasteiger partial charge in [-0.25, -0.2) is 4.98 Å². The van der Waals surface area contributed by atoms with Crippen molar-refractivity contribution in [2.75, 3.05) is 13.1 Å². The highest BCUT2D eigenvalue weighted by atomic mass is 16.3. The van der Waals surface area contributed by atoms with E-state index in [2.05, 4.69) is 34.4 Å². The lowest BCUT2D eigenvalue weighted by Gasteiger charge is -2.30. The fourth-order valence-electron chi connectivity index (χ4n) is 3.91. The van der Waals surface area contributed by atoms with Crippen molar-refractivity contribution in [1.82, 2.24) is 14.9 Å². The van der Waals surface area contributed by atoms with Crippen LogP contribution in [0, 0.1) is 5.92 Å². The number of aromatic amines is 1. The summed E-state index contributed by atoms with van der Waals surface area (Å²) in [6.45, 7) is 8.76. The maximum Gasteiger partial charge on any atom is 0.256 e. The van der Waals surface area contributed by atoms with Gasteiger partial charge in [0.15, 0.2) is 11.6 Å². The molecule has 0 saturated heterocycles. The van der Waals surface area contributed by atoms with Crippen molar-refractivity contribution in [2.45, 2.75) is 39.2 Å². The lowest BCUT2D eigenvalue weighted by atomic mass is 9.85. The van der Waals surface area contributed by atoms with Crippen molar-refractivity contribution in [1.29, 1.82) is 0 Å². The first-order valence-electron chi connectivity index (χ1n) is 9.32. The molecule has 0 aromatic carbocycles. The fraction of sp³-hybridized carbons (Fsp3) is 0.429. The average molecular weight is 351 g/mol. The van der Waals surface area contributed by atoms with Crippen molar-refractivity contribution in [3.63, 3.8) is 0 Å². The van der Waals surface area contributed by atoms with Gasteiger partial charge in [-0.1, -0.05) is 23.8 Å². The second-order valence-corrected chi connectivity index (χ2v) is 7.46. The Labute approximate surface area is 153 Å². The van der Waals surface area contributed by atoms with Crippen molar-refractivity contribution in [2.24, 2.45) is 5.92 Å². The standard InChI is InChI=1S/C21H25N3O2/c1-14(2)16-7-5-15(6-8-16)12-24-10-9-18-17(13-24)21(25)23-20(22-18)19-4-3-11-26-19/h3-5,11,16H,1,6-10,12-13H2,2H3,(H,22,23,25). The van der Waals surface area contributed by atoms with E-state index in [1.807, 2.05) is 6.07 Å². The summed E-state index contributed by atoms with van der Waals surface area (Å²) in [4.78, 5) is 22.4. The van der Waals surface area contributed by atoms with Gasteiger partial charge in [0.1, 0.15) is 0 Å². The van der Waals surface area contributed by atoms with Crippen LogP contribution in [0.2, 0.25) is 0 Å². The molecule has 5 nitrogen and oxygen atoms in total. The van der Waals surface area contributed by atoms with E-state index in [-0.39, 0.29) is 5.56 Å². The second-order valence-electron chi connectivity index (χ2n) is 7.46. The smallest absolute Gasteiger partial charge is 0.256 e. The van der Waals surface area contributed by atoms with Crippen LogP contribution in [0.5, 0.6) is 0 Å². The van der Waals surface area contributed by atoms with Gasteiger partial charge >= 0.3 is 0 Å². The Balaban J connectivity index is 1.47. The lowest BCUT2D eigenvalue weighted by molar-refractivity contribution is 0.266. The minimum Gasteiger partial charge on any atom is -0.461 e. The molecule has 2 aromatic heterocycles. The number of fused-ring (bicyclic) bond motifs is 1. The summed E-state index contributed by atoms with van der Waals surface area (Å²) in [7, 11) is 0. The first-order chi connectivity index (χ1) is 12.6. The van der Waals surface area contributed by atoms with Crippen molar-refractivity contribution < 1.29 is 4.42 Å². The van der Waals surface area contributed by atoms with Crippen LogP contribution in [0.25, 0.3) is 11.6 Å². The number of rotatable bonds is 4. The molecule has 0 amide bonds. The molecule has 0 bridgehead atoms. The van der Waals surface area contributed by atoms with Gasteiger partial charge < -0.3 is 9.40 Å². The Morgan fingerprint density at radius 1 is 1.46 bits per heavy atom. The molecule has 5 heteroatoms. The molecule has 0 saturated carbocycles. The summed E-state index contributed by atoms with van der Waals surface area (Å²) in [5.74, 6) is 1.76. The summed E-state index contributed by atoms with van der Waals surface area (Å²) < 4.78 is 5.36. The molecule has 2 aromatic rings. The zero-order valence-corrected chi connectivity index (χ0v) is 15.3. The fourth-order valence-corrected chi connectivity index (χ4v) is 3.91. The number of aromatic nitrogens is 2. The summed E-state index contributed by atoms with van der Waals surface area (Å²) in [6.07, 6.45) is 8.19. The second kappa shape index (κ2) is 7.08. The summed E-state index contributed by atoms with van der Waals surface area (Å²) >= 11 is 0. The monoisotopic (exact) mass is 351 g/mol. The van der Waals surface area contributed by atoms with Crippen LogP contribution in [-0.2, 0) is 13.0 Å². The van der Waals surface area contributed by atoms with E-state index in [4.69, 9.17) is 4.42 Å². The molecule has 0 fully saturated rings. The number of hydrogen-bond acceptors (Lipinski definition) is 4. The van der Waals surface area contributed by atoms with Crippen molar-refractivity contribution in [3.8, 4) is 11.6 Å². The lowest BCUT2D eigenvalue weighted by Crippen LogP contribution is -2.37. The predicted octanol–water partition coefficient (Wildman–Crippen LogP) is 3.69. The molecule has 0 spiro atoms. The molecule has 3 heterocycles. The number of furan rings is 1. The van der Waals surface area contributed by atoms with Gasteiger partial charge in [0, 0.05) is 26.1 Å². The first kappa shape index (κ1) is 17.0. The molecule has 1 aliphatic carbocycles. The van der Waals surface area contributed by atoms with Crippen LogP contribution in [0.1, 0.15) is 37.4 Å². The number of nitrogens with one attached hydrogen (secondary N) is 1. The quantitative estimate of drug-likeness (QED) is 0.854. The summed E-state index contributed by atoms with van der Waals surface area (Å²) in [5.41, 5.74) is 4.42. The maximum atomic E-state index is 12.5. The Morgan fingerprint density at radius 3 is 3.04 bits per heavy atom. The molecule has 2 aliphatic rings. The molecule has 0 radical (unpaired) electrons. The van der Waals surface area contributed by atoms with Gasteiger partial charge in [0.2, 0.25) is 0 Å². The highest BCUT2D eigenvalue weighted by Gasteiger charge is 2.23. The molecule has 1 N–H and O–H groups in total. The minimum atomic E-state index is -0.0499. The zero-order chi connectivity index (χ0) is 18.1. The zero-order valence-electron chi connectivity index (χ0n) is 15.3. The van der Waals surface area contributed by atoms with Gasteiger partial charge in [0.05, 0.1) is 17.5 Å². The maximum absolute atomic E-state index is 12.5.